The van der Waals surface area contributed by atoms with Crippen LogP contribution in [0.15, 0.2) is 0 Å². The van der Waals surface area contributed by atoms with Crippen molar-refractivity contribution in [3.63, 3.8) is 0 Å². The predicted molar refractivity (Wildman–Crippen MR) is 58.9 cm³/mol. The Morgan fingerprint density at radius 3 is 2.44 bits per heavy atom. The Morgan fingerprint density at radius 2 is 2.06 bits per heavy atom. The highest BCUT2D eigenvalue weighted by Gasteiger charge is 2.20. The van der Waals surface area contributed by atoms with Crippen molar-refractivity contribution in [2.45, 2.75) is 45.3 Å². The molecule has 0 aliphatic rings. The van der Waals surface area contributed by atoms with Crippen molar-refractivity contribution in [2.24, 2.45) is 0 Å². The van der Waals surface area contributed by atoms with E-state index in [1.165, 1.54) is 0 Å². The van der Waals surface area contributed by atoms with E-state index in [1.54, 1.807) is 20.8 Å². The third-order valence-electron chi connectivity index (χ3n) is 1.51. The molecule has 0 aromatic heterocycles. The number of carboxylic acid groups (broad SMARTS) is 1. The highest BCUT2D eigenvalue weighted by atomic mass is 16.6. The van der Waals surface area contributed by atoms with Crippen LogP contribution in [0.1, 0.15) is 33.6 Å². The Bertz CT molecular complexity index is 298. The molecule has 0 spiro atoms. The second-order valence-electron chi connectivity index (χ2n) is 4.35. The Labute approximate surface area is 95.2 Å². The van der Waals surface area contributed by atoms with Crippen molar-refractivity contribution in [3.05, 3.63) is 0 Å². The lowest BCUT2D eigenvalue weighted by Crippen LogP contribution is -2.40. The molecule has 0 fully saturated rings. The van der Waals surface area contributed by atoms with Crippen molar-refractivity contribution < 1.29 is 19.4 Å². The zero-order valence-corrected chi connectivity index (χ0v) is 9.74. The second-order valence-corrected chi connectivity index (χ2v) is 4.35. The fourth-order valence-corrected chi connectivity index (χ4v) is 1.00. The summed E-state index contributed by atoms with van der Waals surface area (Å²) in [5.41, 5.74) is -0.617. The number of carbonyl (C=O) groups excluding carboxylic acids is 1. The summed E-state index contributed by atoms with van der Waals surface area (Å²) >= 11 is 0. The highest BCUT2D eigenvalue weighted by molar-refractivity contribution is 5.71. The van der Waals surface area contributed by atoms with E-state index < -0.39 is 23.7 Å². The lowest BCUT2D eigenvalue weighted by molar-refractivity contribution is -0.137. The molecule has 0 aliphatic heterocycles. The third-order valence-corrected chi connectivity index (χ3v) is 1.51. The maximum atomic E-state index is 11.3. The average molecular weight is 227 g/mol. The maximum Gasteiger partial charge on any atom is 0.407 e. The predicted octanol–water partition coefficient (Wildman–Crippen LogP) is 1.38. The van der Waals surface area contributed by atoms with Crippen LogP contribution in [-0.4, -0.2) is 28.8 Å². The molecular formula is C11H17NO4. The van der Waals surface area contributed by atoms with E-state index in [1.807, 2.05) is 0 Å². The van der Waals surface area contributed by atoms with Crippen LogP contribution in [0.2, 0.25) is 0 Å². The number of ether oxygens (including phenoxy) is 1. The highest BCUT2D eigenvalue weighted by Crippen LogP contribution is 2.07. The Morgan fingerprint density at radius 1 is 1.50 bits per heavy atom. The number of amides is 1. The summed E-state index contributed by atoms with van der Waals surface area (Å²) in [6, 6.07) is -0.600. The first-order valence-electron chi connectivity index (χ1n) is 4.89. The lowest BCUT2D eigenvalue weighted by atomic mass is 10.1. The molecule has 0 heterocycles. The largest absolute Gasteiger partial charge is 0.481 e. The first-order valence-corrected chi connectivity index (χ1v) is 4.89. The van der Waals surface area contributed by atoms with Crippen LogP contribution in [0.5, 0.6) is 0 Å². The number of hydrogen-bond acceptors (Lipinski definition) is 3. The zero-order chi connectivity index (χ0) is 12.8. The summed E-state index contributed by atoms with van der Waals surface area (Å²) in [6.07, 6.45) is 4.35. The van der Waals surface area contributed by atoms with Crippen molar-refractivity contribution in [3.8, 4) is 12.3 Å². The first-order chi connectivity index (χ1) is 7.24. The molecule has 0 bridgehead atoms. The van der Waals surface area contributed by atoms with Gasteiger partial charge < -0.3 is 15.2 Å². The fraction of sp³-hybridized carbons (Fsp3) is 0.636. The average Bonchev–Trinajstić information content (AvgIpc) is 1.98. The third kappa shape index (κ3) is 7.68. The summed E-state index contributed by atoms with van der Waals surface area (Å²) in [5, 5.41) is 11.0. The van der Waals surface area contributed by atoms with Gasteiger partial charge in [0, 0.05) is 6.42 Å². The minimum absolute atomic E-state index is 0.158. The number of terminal acetylenes is 1. The van der Waals surface area contributed by atoms with Crippen LogP contribution >= 0.6 is 0 Å². The Balaban J connectivity index is 4.24. The SMILES string of the molecule is C#CC[C@H](CC(=O)O)NC(=O)OC(C)(C)C. The van der Waals surface area contributed by atoms with Crippen molar-refractivity contribution in [2.75, 3.05) is 0 Å². The number of carboxylic acids is 1. The van der Waals surface area contributed by atoms with Gasteiger partial charge in [-0.15, -0.1) is 12.3 Å². The molecule has 16 heavy (non-hydrogen) atoms. The van der Waals surface area contributed by atoms with Crippen molar-refractivity contribution in [1.82, 2.24) is 5.32 Å². The first kappa shape index (κ1) is 14.3. The normalized spacial score (nSPS) is 12.4. The van der Waals surface area contributed by atoms with Crippen molar-refractivity contribution >= 4 is 12.1 Å². The summed E-state index contributed by atoms with van der Waals surface area (Å²) < 4.78 is 4.98. The molecule has 0 aromatic rings. The molecule has 0 unspecified atom stereocenters. The van der Waals surface area contributed by atoms with Crippen LogP contribution in [-0.2, 0) is 9.53 Å². The van der Waals surface area contributed by atoms with Gasteiger partial charge in [0.05, 0.1) is 12.5 Å². The molecule has 0 rings (SSSR count). The number of aliphatic carboxylic acids is 1. The number of rotatable bonds is 4. The minimum Gasteiger partial charge on any atom is -0.481 e. The minimum atomic E-state index is -1.02. The van der Waals surface area contributed by atoms with Gasteiger partial charge in [0.25, 0.3) is 0 Å². The number of hydrogen-bond donors (Lipinski definition) is 2. The smallest absolute Gasteiger partial charge is 0.407 e. The molecule has 0 saturated heterocycles. The molecule has 2 N–H and O–H groups in total. The van der Waals surface area contributed by atoms with E-state index in [9.17, 15) is 9.59 Å². The summed E-state index contributed by atoms with van der Waals surface area (Å²) in [6.45, 7) is 5.17. The van der Waals surface area contributed by atoms with Gasteiger partial charge in [0.15, 0.2) is 0 Å². The van der Waals surface area contributed by atoms with Gasteiger partial charge in [0.2, 0.25) is 0 Å². The van der Waals surface area contributed by atoms with Gasteiger partial charge in [-0.3, -0.25) is 4.79 Å². The van der Waals surface area contributed by atoms with E-state index in [4.69, 9.17) is 16.3 Å². The van der Waals surface area contributed by atoms with Gasteiger partial charge >= 0.3 is 12.1 Å². The molecule has 0 aliphatic carbocycles. The van der Waals surface area contributed by atoms with Crippen LogP contribution in [0.25, 0.3) is 0 Å². The van der Waals surface area contributed by atoms with Gasteiger partial charge in [-0.1, -0.05) is 0 Å². The lowest BCUT2D eigenvalue weighted by Gasteiger charge is -2.22. The van der Waals surface area contributed by atoms with E-state index in [-0.39, 0.29) is 12.8 Å². The zero-order valence-electron chi connectivity index (χ0n) is 9.74. The summed E-state index contributed by atoms with van der Waals surface area (Å²) in [7, 11) is 0. The molecule has 90 valence electrons. The van der Waals surface area contributed by atoms with E-state index in [0.29, 0.717) is 0 Å². The summed E-state index contributed by atoms with van der Waals surface area (Å²) in [4.78, 5) is 21.8. The van der Waals surface area contributed by atoms with Crippen LogP contribution in [0.3, 0.4) is 0 Å². The molecule has 1 amide bonds. The number of nitrogens with one attached hydrogen (secondary N) is 1. The monoisotopic (exact) mass is 227 g/mol. The molecule has 5 nitrogen and oxygen atoms in total. The Kier molecular flexibility index (Phi) is 5.37. The van der Waals surface area contributed by atoms with E-state index in [0.717, 1.165) is 0 Å². The molecule has 0 aromatic carbocycles. The van der Waals surface area contributed by atoms with Gasteiger partial charge in [0.1, 0.15) is 5.60 Å². The van der Waals surface area contributed by atoms with E-state index >= 15 is 0 Å². The number of alkyl carbamates (subject to hydrolysis) is 1. The quantitative estimate of drug-likeness (QED) is 0.711. The van der Waals surface area contributed by atoms with Crippen LogP contribution < -0.4 is 5.32 Å². The van der Waals surface area contributed by atoms with E-state index in [2.05, 4.69) is 11.2 Å². The molecule has 5 heteroatoms. The number of carbonyl (C=O) groups is 2. The van der Waals surface area contributed by atoms with Crippen LogP contribution in [0, 0.1) is 12.3 Å². The standard InChI is InChI=1S/C11H17NO4/c1-5-6-8(7-9(13)14)12-10(15)16-11(2,3)4/h1,8H,6-7H2,2-4H3,(H,12,15)(H,13,14)/t8-/m1/s1. The van der Waals surface area contributed by atoms with Crippen LogP contribution in [0.4, 0.5) is 4.79 Å². The molecular weight excluding hydrogens is 210 g/mol. The Hall–Kier alpha value is -1.70. The topological polar surface area (TPSA) is 75.6 Å². The second kappa shape index (κ2) is 6.01. The summed E-state index contributed by atoms with van der Waals surface area (Å²) in [5.74, 6) is 1.29. The van der Waals surface area contributed by atoms with Crippen molar-refractivity contribution in [1.29, 1.82) is 0 Å². The molecule has 0 saturated carbocycles. The van der Waals surface area contributed by atoms with Gasteiger partial charge in [-0.05, 0) is 20.8 Å². The maximum absolute atomic E-state index is 11.3. The molecule has 1 atom stereocenters. The molecule has 0 radical (unpaired) electrons. The van der Waals surface area contributed by atoms with Gasteiger partial charge in [-0.25, -0.2) is 4.79 Å². The fourth-order valence-electron chi connectivity index (χ4n) is 1.00. The van der Waals surface area contributed by atoms with Gasteiger partial charge in [-0.2, -0.15) is 0 Å².